The number of ether oxygens (including phenoxy) is 6. The first-order valence-electron chi connectivity index (χ1n) is 26.7. The maximum atomic E-state index is 13.1. The second-order valence-corrected chi connectivity index (χ2v) is 19.3. The van der Waals surface area contributed by atoms with Crippen LogP contribution in [-0.2, 0) is 33.2 Å². The van der Waals surface area contributed by atoms with Crippen molar-refractivity contribution < 1.29 is 89.4 Å². The first kappa shape index (κ1) is 63.3. The Morgan fingerprint density at radius 3 is 1.45 bits per heavy atom. The lowest BCUT2D eigenvalue weighted by atomic mass is 9.96. The number of allylic oxidation sites excluding steroid dienone is 6. The summed E-state index contributed by atoms with van der Waals surface area (Å²) in [6.45, 7) is 1.55. The zero-order chi connectivity index (χ0) is 52.0. The Morgan fingerprint density at radius 2 is 0.930 bits per heavy atom. The third kappa shape index (κ3) is 22.4. The number of nitrogens with one attached hydrogen (secondary N) is 1. The summed E-state index contributed by atoms with van der Waals surface area (Å²) in [5.74, 6) is -0.265. The summed E-state index contributed by atoms with van der Waals surface area (Å²) in [7, 11) is 0. The van der Waals surface area contributed by atoms with E-state index in [1.807, 2.05) is 6.92 Å². The van der Waals surface area contributed by atoms with Crippen LogP contribution in [0.2, 0.25) is 0 Å². The SMILES string of the molecule is CCCCCCC/C=C\C/C=C\C/C=C\CCCCCCCCCCC(=O)NC(COC1OC(CO)C(OC2OC(CO)C(OC3OC(CO)C(O)C(O)C3O)C(O)C2O)C(O)C1O)C(O)CCCCC. The minimum absolute atomic E-state index is 0.254. The molecule has 3 heterocycles. The predicted octanol–water partition coefficient (Wildman–Crippen LogP) is 2.59. The van der Waals surface area contributed by atoms with Gasteiger partial charge in [-0.1, -0.05) is 134 Å². The van der Waals surface area contributed by atoms with E-state index >= 15 is 0 Å². The molecule has 12 N–H and O–H groups in total. The van der Waals surface area contributed by atoms with Gasteiger partial charge < -0.3 is 89.9 Å². The maximum Gasteiger partial charge on any atom is 0.220 e. The molecule has 414 valence electrons. The summed E-state index contributed by atoms with van der Waals surface area (Å²) < 4.78 is 33.9. The van der Waals surface area contributed by atoms with E-state index in [1.165, 1.54) is 57.8 Å². The first-order valence-corrected chi connectivity index (χ1v) is 26.7. The monoisotopic (exact) mass is 1020 g/mol. The van der Waals surface area contributed by atoms with Crippen LogP contribution >= 0.6 is 0 Å². The van der Waals surface area contributed by atoms with E-state index in [0.29, 0.717) is 19.3 Å². The van der Waals surface area contributed by atoms with E-state index in [9.17, 15) is 61.0 Å². The summed E-state index contributed by atoms with van der Waals surface area (Å²) >= 11 is 0. The molecule has 0 aromatic rings. The number of aliphatic hydroxyl groups is 11. The molecule has 3 saturated heterocycles. The number of unbranched alkanes of at least 4 members (excludes halogenated alkanes) is 15. The van der Waals surface area contributed by atoms with Crippen LogP contribution < -0.4 is 5.32 Å². The third-order valence-electron chi connectivity index (χ3n) is 13.5. The fraction of sp³-hybridized carbons (Fsp3) is 0.865. The summed E-state index contributed by atoms with van der Waals surface area (Å²) in [5, 5.41) is 119. The van der Waals surface area contributed by atoms with Crippen molar-refractivity contribution in [1.29, 1.82) is 0 Å². The van der Waals surface area contributed by atoms with Crippen molar-refractivity contribution in [3.8, 4) is 0 Å². The number of amides is 1. The Bertz CT molecular complexity index is 1450. The molecule has 19 nitrogen and oxygen atoms in total. The second kappa shape index (κ2) is 36.9. The van der Waals surface area contributed by atoms with Gasteiger partial charge in [0, 0.05) is 6.42 Å². The molecule has 0 aromatic carbocycles. The predicted molar refractivity (Wildman–Crippen MR) is 263 cm³/mol. The molecule has 3 fully saturated rings. The molecular weight excluding hydrogens is 927 g/mol. The van der Waals surface area contributed by atoms with Crippen LogP contribution in [0.15, 0.2) is 36.5 Å². The van der Waals surface area contributed by atoms with Crippen molar-refractivity contribution in [3.05, 3.63) is 36.5 Å². The number of hydrogen-bond acceptors (Lipinski definition) is 18. The zero-order valence-electron chi connectivity index (χ0n) is 42.4. The number of carbonyl (C=O) groups is 1. The quantitative estimate of drug-likeness (QED) is 0.0314. The number of aliphatic hydroxyl groups excluding tert-OH is 11. The molecule has 3 aliphatic heterocycles. The van der Waals surface area contributed by atoms with Crippen LogP contribution in [0.25, 0.3) is 0 Å². The van der Waals surface area contributed by atoms with E-state index in [-0.39, 0.29) is 18.9 Å². The van der Waals surface area contributed by atoms with Crippen molar-refractivity contribution in [2.45, 2.75) is 259 Å². The van der Waals surface area contributed by atoms with Gasteiger partial charge in [0.15, 0.2) is 18.9 Å². The van der Waals surface area contributed by atoms with Gasteiger partial charge in [-0.25, -0.2) is 0 Å². The summed E-state index contributed by atoms with van der Waals surface area (Å²) in [5.41, 5.74) is 0. The molecule has 0 aliphatic carbocycles. The van der Waals surface area contributed by atoms with E-state index in [0.717, 1.165) is 57.8 Å². The highest BCUT2D eigenvalue weighted by Crippen LogP contribution is 2.33. The average molecular weight is 1020 g/mol. The molecule has 0 bridgehead atoms. The van der Waals surface area contributed by atoms with Gasteiger partial charge in [-0.2, -0.15) is 0 Å². The molecule has 17 unspecified atom stereocenters. The normalized spacial score (nSPS) is 32.5. The largest absolute Gasteiger partial charge is 0.394 e. The molecule has 3 rings (SSSR count). The Morgan fingerprint density at radius 1 is 0.507 bits per heavy atom. The minimum atomic E-state index is -1.97. The van der Waals surface area contributed by atoms with E-state index in [2.05, 4.69) is 48.7 Å². The average Bonchev–Trinajstić information content (AvgIpc) is 3.36. The van der Waals surface area contributed by atoms with Crippen molar-refractivity contribution in [1.82, 2.24) is 5.32 Å². The number of hydrogen-bond donors (Lipinski definition) is 12. The highest BCUT2D eigenvalue weighted by molar-refractivity contribution is 5.76. The fourth-order valence-corrected chi connectivity index (χ4v) is 8.96. The Kier molecular flexibility index (Phi) is 32.9. The number of carbonyl (C=O) groups excluding carboxylic acids is 1. The van der Waals surface area contributed by atoms with Gasteiger partial charge in [0.1, 0.15) is 73.2 Å². The highest BCUT2D eigenvalue weighted by Gasteiger charge is 2.53. The van der Waals surface area contributed by atoms with Gasteiger partial charge >= 0.3 is 0 Å². The highest BCUT2D eigenvalue weighted by atomic mass is 16.8. The molecule has 71 heavy (non-hydrogen) atoms. The van der Waals surface area contributed by atoms with Gasteiger partial charge in [-0.15, -0.1) is 0 Å². The Labute approximate surface area is 421 Å². The summed E-state index contributed by atoms with van der Waals surface area (Å²) in [6.07, 6.45) is 9.41. The molecular formula is C52H93NO18. The second-order valence-electron chi connectivity index (χ2n) is 19.3. The van der Waals surface area contributed by atoms with Crippen molar-refractivity contribution in [2.75, 3.05) is 26.4 Å². The minimum Gasteiger partial charge on any atom is -0.394 e. The summed E-state index contributed by atoms with van der Waals surface area (Å²) in [6, 6.07) is -0.886. The summed E-state index contributed by atoms with van der Waals surface area (Å²) in [4.78, 5) is 13.1. The Balaban J connectivity index is 1.39. The lowest BCUT2D eigenvalue weighted by Gasteiger charge is -2.48. The first-order chi connectivity index (χ1) is 34.3. The topological polar surface area (TPSA) is 307 Å². The lowest BCUT2D eigenvalue weighted by Crippen LogP contribution is -2.66. The van der Waals surface area contributed by atoms with E-state index < -0.39 is 124 Å². The van der Waals surface area contributed by atoms with Crippen LogP contribution in [0.4, 0.5) is 0 Å². The van der Waals surface area contributed by atoms with Crippen molar-refractivity contribution >= 4 is 5.91 Å². The fourth-order valence-electron chi connectivity index (χ4n) is 8.96. The molecule has 0 aromatic heterocycles. The maximum absolute atomic E-state index is 13.1. The standard InChI is InChI=1S/C52H93NO18/c1-3-5-7-8-9-10-11-12-13-14-15-16-17-18-19-20-21-22-23-24-25-26-28-30-40(58)53-35(36(57)29-27-6-4-2)34-66-50-46(64)43(61)48(38(32-55)68-50)71-52-47(65)44(62)49(39(33-56)69-52)70-51-45(63)42(60)41(59)37(31-54)67-51/h11-12,14-15,17-18,35-39,41-52,54-57,59-65H,3-10,13,16,19-34H2,1-2H3,(H,53,58)/b12-11-,15-14-,18-17-. The van der Waals surface area contributed by atoms with Gasteiger partial charge in [-0.3, -0.25) is 4.79 Å². The molecule has 3 aliphatic rings. The molecule has 1 amide bonds. The lowest BCUT2D eigenvalue weighted by molar-refractivity contribution is -0.379. The van der Waals surface area contributed by atoms with E-state index in [4.69, 9.17) is 28.4 Å². The smallest absolute Gasteiger partial charge is 0.220 e. The molecule has 0 radical (unpaired) electrons. The van der Waals surface area contributed by atoms with Crippen LogP contribution in [0, 0.1) is 0 Å². The van der Waals surface area contributed by atoms with Crippen LogP contribution in [0.3, 0.4) is 0 Å². The van der Waals surface area contributed by atoms with Crippen LogP contribution in [0.5, 0.6) is 0 Å². The van der Waals surface area contributed by atoms with Crippen LogP contribution in [-0.4, -0.2) is 193 Å². The number of rotatable bonds is 37. The molecule has 0 spiro atoms. The van der Waals surface area contributed by atoms with E-state index in [1.54, 1.807) is 0 Å². The zero-order valence-corrected chi connectivity index (χ0v) is 42.4. The van der Waals surface area contributed by atoms with Crippen LogP contribution in [0.1, 0.15) is 155 Å². The van der Waals surface area contributed by atoms with Gasteiger partial charge in [0.25, 0.3) is 0 Å². The third-order valence-corrected chi connectivity index (χ3v) is 13.5. The van der Waals surface area contributed by atoms with Gasteiger partial charge in [0.05, 0.1) is 38.6 Å². The molecule has 17 atom stereocenters. The Hall–Kier alpha value is -1.99. The molecule has 19 heteroatoms. The van der Waals surface area contributed by atoms with Crippen molar-refractivity contribution in [2.24, 2.45) is 0 Å². The van der Waals surface area contributed by atoms with Gasteiger partial charge in [-0.05, 0) is 51.4 Å². The van der Waals surface area contributed by atoms with Crippen molar-refractivity contribution in [3.63, 3.8) is 0 Å². The molecule has 0 saturated carbocycles. The van der Waals surface area contributed by atoms with Gasteiger partial charge in [0.2, 0.25) is 5.91 Å².